The van der Waals surface area contributed by atoms with Crippen molar-refractivity contribution in [2.24, 2.45) is 11.3 Å². The molecule has 1 spiro atoms. The van der Waals surface area contributed by atoms with Gasteiger partial charge in [-0.15, -0.1) is 0 Å². The van der Waals surface area contributed by atoms with E-state index in [0.717, 1.165) is 56.8 Å². The molecule has 0 aromatic heterocycles. The van der Waals surface area contributed by atoms with Crippen LogP contribution in [0, 0.1) is 11.3 Å². The Kier molecular flexibility index (Phi) is 8.14. The fraction of sp³-hybridized carbons (Fsp3) is 0.548. The molecule has 1 atom stereocenters. The van der Waals surface area contributed by atoms with Crippen LogP contribution in [0.5, 0.6) is 5.75 Å². The predicted octanol–water partition coefficient (Wildman–Crippen LogP) is 4.95. The second-order valence-electron chi connectivity index (χ2n) is 11.3. The summed E-state index contributed by atoms with van der Waals surface area (Å²) in [7, 11) is 0. The Morgan fingerprint density at radius 2 is 1.81 bits per heavy atom. The maximum Gasteiger partial charge on any atom is 0.223 e. The number of rotatable bonds is 11. The van der Waals surface area contributed by atoms with Gasteiger partial charge in [0, 0.05) is 32.5 Å². The van der Waals surface area contributed by atoms with Gasteiger partial charge in [-0.25, -0.2) is 0 Å². The highest BCUT2D eigenvalue weighted by Gasteiger charge is 2.44. The summed E-state index contributed by atoms with van der Waals surface area (Å²) in [5.74, 6) is 1.94. The largest absolute Gasteiger partial charge is 0.494 e. The quantitative estimate of drug-likeness (QED) is 0.472. The van der Waals surface area contributed by atoms with E-state index in [1.165, 1.54) is 18.4 Å². The molecule has 2 aromatic carbocycles. The molecule has 198 valence electrons. The van der Waals surface area contributed by atoms with Crippen LogP contribution in [0.15, 0.2) is 54.6 Å². The van der Waals surface area contributed by atoms with Crippen molar-refractivity contribution in [1.29, 1.82) is 0 Å². The minimum atomic E-state index is 0.0565. The fourth-order valence-electron chi connectivity index (χ4n) is 5.95. The van der Waals surface area contributed by atoms with Crippen LogP contribution in [0.25, 0.3) is 0 Å². The Bertz CT molecular complexity index is 1040. The number of benzene rings is 2. The fourth-order valence-corrected chi connectivity index (χ4v) is 5.95. The van der Waals surface area contributed by atoms with E-state index in [1.54, 1.807) is 0 Å². The third kappa shape index (κ3) is 6.92. The van der Waals surface area contributed by atoms with E-state index in [2.05, 4.69) is 46.6 Å². The number of piperidine rings is 1. The second-order valence-corrected chi connectivity index (χ2v) is 11.3. The van der Waals surface area contributed by atoms with E-state index >= 15 is 0 Å². The maximum atomic E-state index is 12.9. The number of nitrogens with one attached hydrogen (secondary N) is 1. The van der Waals surface area contributed by atoms with E-state index in [1.807, 2.05) is 30.0 Å². The Labute approximate surface area is 221 Å². The molecule has 2 amide bonds. The number of likely N-dealkylation sites (tertiary alicyclic amines) is 2. The highest BCUT2D eigenvalue weighted by molar-refractivity contribution is 5.79. The zero-order valence-electron chi connectivity index (χ0n) is 22.2. The van der Waals surface area contributed by atoms with Crippen LogP contribution in [0.3, 0.4) is 0 Å². The molecule has 6 heteroatoms. The predicted molar refractivity (Wildman–Crippen MR) is 145 cm³/mol. The molecule has 1 unspecified atom stereocenters. The van der Waals surface area contributed by atoms with Crippen molar-refractivity contribution in [1.82, 2.24) is 15.1 Å². The van der Waals surface area contributed by atoms with E-state index in [0.29, 0.717) is 31.9 Å². The van der Waals surface area contributed by atoms with E-state index in [9.17, 15) is 9.59 Å². The normalized spacial score (nSPS) is 20.2. The molecule has 2 aromatic rings. The van der Waals surface area contributed by atoms with Gasteiger partial charge in [-0.1, -0.05) is 42.5 Å². The molecular formula is C31H41N3O3. The van der Waals surface area contributed by atoms with E-state index in [4.69, 9.17) is 4.74 Å². The van der Waals surface area contributed by atoms with E-state index < -0.39 is 0 Å². The van der Waals surface area contributed by atoms with Gasteiger partial charge >= 0.3 is 0 Å². The first-order valence-corrected chi connectivity index (χ1v) is 14.1. The summed E-state index contributed by atoms with van der Waals surface area (Å²) in [6.45, 7) is 7.17. The SMILES string of the molecule is CCOc1ccc(CN2CC3(CCN(CCC(NC(=O)CC4CC4)c4ccccc4)CC3)CC2=O)cc1. The molecule has 6 nitrogen and oxygen atoms in total. The summed E-state index contributed by atoms with van der Waals surface area (Å²) in [5.41, 5.74) is 2.45. The number of carbonyl (C=O) groups excluding carboxylic acids is 2. The minimum Gasteiger partial charge on any atom is -0.494 e. The molecule has 37 heavy (non-hydrogen) atoms. The van der Waals surface area contributed by atoms with Crippen LogP contribution in [0.2, 0.25) is 0 Å². The van der Waals surface area contributed by atoms with Gasteiger partial charge in [-0.05, 0) is 86.7 Å². The van der Waals surface area contributed by atoms with Crippen LogP contribution in [-0.4, -0.2) is 54.4 Å². The third-order valence-electron chi connectivity index (χ3n) is 8.37. The second kappa shape index (κ2) is 11.7. The number of hydrogen-bond donors (Lipinski definition) is 1. The summed E-state index contributed by atoms with van der Waals surface area (Å²) in [6.07, 6.45) is 6.75. The zero-order chi connectivity index (χ0) is 25.7. The van der Waals surface area contributed by atoms with Gasteiger partial charge in [-0.3, -0.25) is 9.59 Å². The first-order chi connectivity index (χ1) is 18.0. The van der Waals surface area contributed by atoms with Crippen molar-refractivity contribution < 1.29 is 14.3 Å². The Hall–Kier alpha value is -2.86. The molecule has 1 saturated carbocycles. The molecule has 5 rings (SSSR count). The summed E-state index contributed by atoms with van der Waals surface area (Å²) in [4.78, 5) is 30.0. The highest BCUT2D eigenvalue weighted by atomic mass is 16.5. The van der Waals surface area contributed by atoms with Crippen molar-refractivity contribution in [3.63, 3.8) is 0 Å². The van der Waals surface area contributed by atoms with Crippen LogP contribution in [-0.2, 0) is 16.1 Å². The van der Waals surface area contributed by atoms with Gasteiger partial charge in [0.15, 0.2) is 0 Å². The summed E-state index contributed by atoms with van der Waals surface area (Å²) in [6, 6.07) is 18.5. The van der Waals surface area contributed by atoms with Crippen LogP contribution in [0.4, 0.5) is 0 Å². The van der Waals surface area contributed by atoms with Gasteiger partial charge in [0.1, 0.15) is 5.75 Å². The van der Waals surface area contributed by atoms with Crippen LogP contribution in [0.1, 0.15) is 69.0 Å². The highest BCUT2D eigenvalue weighted by Crippen LogP contribution is 2.41. The van der Waals surface area contributed by atoms with Gasteiger partial charge in [0.25, 0.3) is 0 Å². The molecule has 2 aliphatic heterocycles. The lowest BCUT2D eigenvalue weighted by atomic mass is 9.77. The molecule has 3 fully saturated rings. The van der Waals surface area contributed by atoms with Crippen LogP contribution >= 0.6 is 0 Å². The minimum absolute atomic E-state index is 0.0565. The van der Waals surface area contributed by atoms with Crippen molar-refractivity contribution in [2.45, 2.75) is 64.5 Å². The average molecular weight is 504 g/mol. The maximum absolute atomic E-state index is 12.9. The van der Waals surface area contributed by atoms with Gasteiger partial charge < -0.3 is 19.9 Å². The van der Waals surface area contributed by atoms with Crippen molar-refractivity contribution in [2.75, 3.05) is 32.8 Å². The number of ether oxygens (including phenoxy) is 1. The molecule has 1 N–H and O–H groups in total. The molecule has 3 aliphatic rings. The Morgan fingerprint density at radius 1 is 1.08 bits per heavy atom. The van der Waals surface area contributed by atoms with Crippen molar-refractivity contribution in [3.05, 3.63) is 65.7 Å². The van der Waals surface area contributed by atoms with Crippen molar-refractivity contribution in [3.8, 4) is 5.75 Å². The van der Waals surface area contributed by atoms with Gasteiger partial charge in [-0.2, -0.15) is 0 Å². The lowest BCUT2D eigenvalue weighted by molar-refractivity contribution is -0.128. The number of carbonyl (C=O) groups is 2. The first kappa shape index (κ1) is 25.8. The number of nitrogens with zero attached hydrogens (tertiary/aromatic N) is 2. The standard InChI is InChI=1S/C31H41N3O3/c1-2-37-27-12-10-25(11-13-27)22-34-23-31(21-30(34)36)15-18-33(19-16-31)17-14-28(26-6-4-3-5-7-26)32-29(35)20-24-8-9-24/h3-7,10-13,24,28H,2,8-9,14-23H2,1H3,(H,32,35). The number of amides is 2. The molecule has 1 aliphatic carbocycles. The van der Waals surface area contributed by atoms with Crippen molar-refractivity contribution >= 4 is 11.8 Å². The Balaban J connectivity index is 1.11. The van der Waals surface area contributed by atoms with E-state index in [-0.39, 0.29) is 23.3 Å². The number of hydrogen-bond acceptors (Lipinski definition) is 4. The smallest absolute Gasteiger partial charge is 0.223 e. The molecule has 0 radical (unpaired) electrons. The summed E-state index contributed by atoms with van der Waals surface area (Å²) >= 11 is 0. The summed E-state index contributed by atoms with van der Waals surface area (Å²) < 4.78 is 5.54. The zero-order valence-corrected chi connectivity index (χ0v) is 22.2. The monoisotopic (exact) mass is 503 g/mol. The molecule has 0 bridgehead atoms. The van der Waals surface area contributed by atoms with Gasteiger partial charge in [0.2, 0.25) is 11.8 Å². The lowest BCUT2D eigenvalue weighted by Crippen LogP contribution is -2.42. The molecule has 2 saturated heterocycles. The summed E-state index contributed by atoms with van der Waals surface area (Å²) in [5, 5.41) is 3.31. The molecular weight excluding hydrogens is 462 g/mol. The average Bonchev–Trinajstić information content (AvgIpc) is 3.67. The van der Waals surface area contributed by atoms with Crippen LogP contribution < -0.4 is 10.1 Å². The Morgan fingerprint density at radius 3 is 2.49 bits per heavy atom. The topological polar surface area (TPSA) is 61.9 Å². The first-order valence-electron chi connectivity index (χ1n) is 14.1. The van der Waals surface area contributed by atoms with Gasteiger partial charge in [0.05, 0.1) is 12.6 Å². The lowest BCUT2D eigenvalue weighted by Gasteiger charge is -2.39. The molecule has 2 heterocycles. The third-order valence-corrected chi connectivity index (χ3v) is 8.37.